The largest absolute Gasteiger partial charge is 0.497 e. The van der Waals surface area contributed by atoms with Crippen molar-refractivity contribution in [2.75, 3.05) is 24.5 Å². The van der Waals surface area contributed by atoms with Crippen LogP contribution in [0.4, 0.5) is 5.69 Å². The Labute approximate surface area is 241 Å². The SMILES string of the molecule is CCCCNC(=O)C(C)N(Cc1ccc(OC)cc1)C(=O)CN(c1ccc(Cl)cc1C)S(=O)(=O)c1ccccc1. The standard InChI is InChI=1S/C30H36ClN3O5S/c1-5-6-18-32-30(36)23(3)33(20-24-12-15-26(39-4)16-13-24)29(35)21-34(28-17-14-25(31)19-22(28)2)40(37,38)27-10-8-7-9-11-27/h7-17,19,23H,5-6,18,20-21H2,1-4H3,(H,32,36). The predicted molar refractivity (Wildman–Crippen MR) is 158 cm³/mol. The lowest BCUT2D eigenvalue weighted by atomic mass is 10.1. The van der Waals surface area contributed by atoms with Crippen molar-refractivity contribution in [3.8, 4) is 5.75 Å². The van der Waals surface area contributed by atoms with E-state index in [2.05, 4.69) is 5.32 Å². The van der Waals surface area contributed by atoms with Crippen molar-refractivity contribution in [3.63, 3.8) is 0 Å². The zero-order valence-electron chi connectivity index (χ0n) is 23.3. The Bertz CT molecular complexity index is 1400. The molecule has 8 nitrogen and oxygen atoms in total. The van der Waals surface area contributed by atoms with E-state index in [-0.39, 0.29) is 17.3 Å². The Balaban J connectivity index is 2.01. The highest BCUT2D eigenvalue weighted by molar-refractivity contribution is 7.92. The summed E-state index contributed by atoms with van der Waals surface area (Å²) >= 11 is 6.15. The Hall–Kier alpha value is -3.56. The van der Waals surface area contributed by atoms with Crippen molar-refractivity contribution in [2.24, 2.45) is 0 Å². The molecular weight excluding hydrogens is 550 g/mol. The van der Waals surface area contributed by atoms with Crippen LogP contribution in [0.2, 0.25) is 5.02 Å². The Morgan fingerprint density at radius 3 is 2.30 bits per heavy atom. The molecule has 0 saturated carbocycles. The van der Waals surface area contributed by atoms with Gasteiger partial charge in [-0.15, -0.1) is 0 Å². The molecule has 10 heteroatoms. The predicted octanol–water partition coefficient (Wildman–Crippen LogP) is 5.19. The van der Waals surface area contributed by atoms with Gasteiger partial charge in [0.25, 0.3) is 10.0 Å². The molecule has 3 aromatic carbocycles. The molecule has 0 aliphatic carbocycles. The molecule has 3 rings (SSSR count). The third-order valence-electron chi connectivity index (χ3n) is 6.55. The third kappa shape index (κ3) is 7.76. The second kappa shape index (κ2) is 14.2. The molecular formula is C30H36ClN3O5S. The van der Waals surface area contributed by atoms with Crippen LogP contribution in [0.5, 0.6) is 5.75 Å². The number of hydrogen-bond acceptors (Lipinski definition) is 5. The summed E-state index contributed by atoms with van der Waals surface area (Å²) in [4.78, 5) is 28.5. The van der Waals surface area contributed by atoms with Crippen LogP contribution in [0.25, 0.3) is 0 Å². The van der Waals surface area contributed by atoms with Gasteiger partial charge in [-0.2, -0.15) is 0 Å². The van der Waals surface area contributed by atoms with E-state index in [4.69, 9.17) is 16.3 Å². The maximum Gasteiger partial charge on any atom is 0.264 e. The fraction of sp³-hybridized carbons (Fsp3) is 0.333. The average molecular weight is 586 g/mol. The van der Waals surface area contributed by atoms with E-state index in [9.17, 15) is 18.0 Å². The molecule has 0 bridgehead atoms. The van der Waals surface area contributed by atoms with Crippen molar-refractivity contribution in [2.45, 2.75) is 51.1 Å². The lowest BCUT2D eigenvalue weighted by Crippen LogP contribution is -2.51. The van der Waals surface area contributed by atoms with Gasteiger partial charge in [-0.05, 0) is 73.9 Å². The number of nitrogens with zero attached hydrogens (tertiary/aromatic N) is 2. The van der Waals surface area contributed by atoms with Crippen LogP contribution in [0, 0.1) is 6.92 Å². The second-order valence-electron chi connectivity index (χ2n) is 9.45. The summed E-state index contributed by atoms with van der Waals surface area (Å²) in [5.41, 5.74) is 1.68. The molecule has 214 valence electrons. The van der Waals surface area contributed by atoms with E-state index in [1.807, 2.05) is 19.1 Å². The van der Waals surface area contributed by atoms with Crippen molar-refractivity contribution in [3.05, 3.63) is 88.9 Å². The topological polar surface area (TPSA) is 96.0 Å². The number of unbranched alkanes of at least 4 members (excludes halogenated alkanes) is 1. The van der Waals surface area contributed by atoms with Crippen LogP contribution in [0.3, 0.4) is 0 Å². The Kier molecular flexibility index (Phi) is 11.0. The first-order chi connectivity index (χ1) is 19.1. The molecule has 40 heavy (non-hydrogen) atoms. The van der Waals surface area contributed by atoms with Crippen molar-refractivity contribution >= 4 is 39.1 Å². The number of hydrogen-bond donors (Lipinski definition) is 1. The van der Waals surface area contributed by atoms with Gasteiger partial charge < -0.3 is 15.0 Å². The number of methoxy groups -OCH3 is 1. The highest BCUT2D eigenvalue weighted by Gasteiger charge is 2.33. The fourth-order valence-electron chi connectivity index (χ4n) is 4.18. The van der Waals surface area contributed by atoms with Gasteiger partial charge in [-0.25, -0.2) is 8.42 Å². The summed E-state index contributed by atoms with van der Waals surface area (Å²) in [5.74, 6) is -0.177. The van der Waals surface area contributed by atoms with Crippen LogP contribution in [-0.2, 0) is 26.2 Å². The zero-order chi connectivity index (χ0) is 29.3. The highest BCUT2D eigenvalue weighted by Crippen LogP contribution is 2.29. The minimum atomic E-state index is -4.14. The first-order valence-corrected chi connectivity index (χ1v) is 14.9. The normalized spacial score (nSPS) is 11.9. The Morgan fingerprint density at radius 2 is 1.70 bits per heavy atom. The molecule has 2 amide bonds. The van der Waals surface area contributed by atoms with Crippen molar-refractivity contribution < 1.29 is 22.7 Å². The third-order valence-corrected chi connectivity index (χ3v) is 8.56. The van der Waals surface area contributed by atoms with E-state index in [1.54, 1.807) is 69.5 Å². The highest BCUT2D eigenvalue weighted by atomic mass is 35.5. The van der Waals surface area contributed by atoms with E-state index in [0.717, 1.165) is 22.7 Å². The number of nitrogens with one attached hydrogen (secondary N) is 1. The van der Waals surface area contributed by atoms with Crippen molar-refractivity contribution in [1.29, 1.82) is 0 Å². The number of ether oxygens (including phenoxy) is 1. The molecule has 0 fully saturated rings. The molecule has 0 saturated heterocycles. The van der Waals surface area contributed by atoms with E-state index in [0.29, 0.717) is 28.6 Å². The number of sulfonamides is 1. The molecule has 1 N–H and O–H groups in total. The second-order valence-corrected chi connectivity index (χ2v) is 11.7. The average Bonchev–Trinajstić information content (AvgIpc) is 2.95. The molecule has 0 spiro atoms. The summed E-state index contributed by atoms with van der Waals surface area (Å²) < 4.78 is 34.0. The monoisotopic (exact) mass is 585 g/mol. The number of halogens is 1. The summed E-state index contributed by atoms with van der Waals surface area (Å²) in [5, 5.41) is 3.33. The van der Waals surface area contributed by atoms with Gasteiger partial charge in [-0.1, -0.05) is 55.3 Å². The molecule has 0 aliphatic heterocycles. The van der Waals surface area contributed by atoms with E-state index < -0.39 is 28.5 Å². The molecule has 0 aromatic heterocycles. The molecule has 0 aliphatic rings. The summed E-state index contributed by atoms with van der Waals surface area (Å²) in [7, 11) is -2.57. The summed E-state index contributed by atoms with van der Waals surface area (Å²) in [6.45, 7) is 5.48. The summed E-state index contributed by atoms with van der Waals surface area (Å²) in [6.07, 6.45) is 1.72. The van der Waals surface area contributed by atoms with Gasteiger partial charge in [0.1, 0.15) is 18.3 Å². The number of benzene rings is 3. The quantitative estimate of drug-likeness (QED) is 0.279. The Morgan fingerprint density at radius 1 is 1.02 bits per heavy atom. The molecule has 0 radical (unpaired) electrons. The van der Waals surface area contributed by atoms with Gasteiger partial charge in [-0.3, -0.25) is 13.9 Å². The minimum absolute atomic E-state index is 0.0456. The minimum Gasteiger partial charge on any atom is -0.497 e. The fourth-order valence-corrected chi connectivity index (χ4v) is 5.90. The smallest absolute Gasteiger partial charge is 0.264 e. The van der Waals surface area contributed by atoms with Crippen LogP contribution in [0.1, 0.15) is 37.8 Å². The van der Waals surface area contributed by atoms with Gasteiger partial charge in [0.2, 0.25) is 11.8 Å². The first kappa shape index (κ1) is 31.0. The van der Waals surface area contributed by atoms with Gasteiger partial charge in [0, 0.05) is 18.1 Å². The van der Waals surface area contributed by atoms with E-state index in [1.165, 1.54) is 17.0 Å². The van der Waals surface area contributed by atoms with Crippen LogP contribution >= 0.6 is 11.6 Å². The van der Waals surface area contributed by atoms with Gasteiger partial charge in [0.15, 0.2) is 0 Å². The van der Waals surface area contributed by atoms with E-state index >= 15 is 0 Å². The van der Waals surface area contributed by atoms with Crippen molar-refractivity contribution in [1.82, 2.24) is 10.2 Å². The van der Waals surface area contributed by atoms with Crippen LogP contribution in [0.15, 0.2) is 77.7 Å². The number of rotatable bonds is 13. The van der Waals surface area contributed by atoms with Gasteiger partial charge >= 0.3 is 0 Å². The zero-order valence-corrected chi connectivity index (χ0v) is 24.8. The molecule has 1 unspecified atom stereocenters. The van der Waals surface area contributed by atoms with Crippen LogP contribution < -0.4 is 14.4 Å². The first-order valence-electron chi connectivity index (χ1n) is 13.1. The number of carbonyl (C=O) groups is 2. The number of carbonyl (C=O) groups excluding carboxylic acids is 2. The molecule has 3 aromatic rings. The maximum absolute atomic E-state index is 14.0. The van der Waals surface area contributed by atoms with Crippen LogP contribution in [-0.4, -0.2) is 51.4 Å². The number of aryl methyl sites for hydroxylation is 1. The lowest BCUT2D eigenvalue weighted by molar-refractivity contribution is -0.139. The lowest BCUT2D eigenvalue weighted by Gasteiger charge is -2.32. The molecule has 1 atom stereocenters. The molecule has 0 heterocycles. The maximum atomic E-state index is 14.0. The van der Waals surface area contributed by atoms with Gasteiger partial charge in [0.05, 0.1) is 17.7 Å². The number of anilines is 1. The number of amides is 2. The summed E-state index contributed by atoms with van der Waals surface area (Å²) in [6, 6.07) is 19.1.